The third kappa shape index (κ3) is 9.97. The van der Waals surface area contributed by atoms with Crippen molar-refractivity contribution in [1.82, 2.24) is 14.8 Å². The van der Waals surface area contributed by atoms with Crippen LogP contribution in [0, 0.1) is 0 Å². The number of ether oxygens (including phenoxy) is 1. The Hall–Kier alpha value is -2.93. The highest BCUT2D eigenvalue weighted by Gasteiger charge is 2.38. The van der Waals surface area contributed by atoms with Crippen LogP contribution in [0.3, 0.4) is 0 Å². The standard InChI is InChI=1S/C21H34N6O2.C2HF3O2/c1-21(2,3)29-20(28)16-25-8-6-18(7-9-25)26-10-12-27(13-11-26)19-5-4-17(14-24-22)23-15-19;3-2(4,5)1(6)7/h4-5,14-15,18H,6-13,16,22H2,1-3H3;(H,6,7). The molecule has 0 atom stereocenters. The Kier molecular flexibility index (Phi) is 10.5. The highest BCUT2D eigenvalue weighted by Crippen LogP contribution is 2.21. The maximum absolute atomic E-state index is 12.0. The number of piperazine rings is 1. The van der Waals surface area contributed by atoms with Gasteiger partial charge in [-0.3, -0.25) is 19.6 Å². The van der Waals surface area contributed by atoms with E-state index in [1.54, 1.807) is 6.21 Å². The highest BCUT2D eigenvalue weighted by molar-refractivity contribution is 5.77. The highest BCUT2D eigenvalue weighted by atomic mass is 19.4. The van der Waals surface area contributed by atoms with Crippen molar-refractivity contribution in [3.05, 3.63) is 24.0 Å². The summed E-state index contributed by atoms with van der Waals surface area (Å²) in [5, 5.41) is 10.6. The van der Waals surface area contributed by atoms with Crippen molar-refractivity contribution in [1.29, 1.82) is 0 Å². The Balaban J connectivity index is 0.000000572. The van der Waals surface area contributed by atoms with Gasteiger partial charge in [-0.15, -0.1) is 0 Å². The molecule has 10 nitrogen and oxygen atoms in total. The number of aromatic nitrogens is 1. The van der Waals surface area contributed by atoms with E-state index in [2.05, 4.69) is 30.9 Å². The van der Waals surface area contributed by atoms with E-state index in [0.717, 1.165) is 63.5 Å². The van der Waals surface area contributed by atoms with Crippen molar-refractivity contribution in [2.45, 2.75) is 51.4 Å². The van der Waals surface area contributed by atoms with Crippen LogP contribution >= 0.6 is 0 Å². The lowest BCUT2D eigenvalue weighted by molar-refractivity contribution is -0.192. The summed E-state index contributed by atoms with van der Waals surface area (Å²) in [5.41, 5.74) is 1.50. The van der Waals surface area contributed by atoms with E-state index in [1.165, 1.54) is 0 Å². The lowest BCUT2D eigenvalue weighted by Gasteiger charge is -2.43. The number of carbonyl (C=O) groups excluding carboxylic acids is 1. The van der Waals surface area contributed by atoms with Gasteiger partial charge in [-0.1, -0.05) is 0 Å². The summed E-state index contributed by atoms with van der Waals surface area (Å²) in [5.74, 6) is 2.29. The van der Waals surface area contributed by atoms with E-state index >= 15 is 0 Å². The number of hydrazone groups is 1. The fraction of sp³-hybridized carbons (Fsp3) is 0.652. The minimum atomic E-state index is -5.08. The molecule has 0 aliphatic carbocycles. The number of rotatable bonds is 5. The van der Waals surface area contributed by atoms with E-state index in [4.69, 9.17) is 20.5 Å². The number of likely N-dealkylation sites (tertiary alicyclic amines) is 1. The summed E-state index contributed by atoms with van der Waals surface area (Å²) < 4.78 is 37.2. The number of hydrogen-bond acceptors (Lipinski definition) is 9. The summed E-state index contributed by atoms with van der Waals surface area (Å²) in [7, 11) is 0. The van der Waals surface area contributed by atoms with Crippen LogP contribution in [0.15, 0.2) is 23.4 Å². The van der Waals surface area contributed by atoms with Crippen LogP contribution < -0.4 is 10.7 Å². The molecular weight excluding hydrogens is 481 g/mol. The maximum Gasteiger partial charge on any atom is 0.490 e. The van der Waals surface area contributed by atoms with Gasteiger partial charge in [0.1, 0.15) is 5.60 Å². The Bertz CT molecular complexity index is 873. The van der Waals surface area contributed by atoms with Gasteiger partial charge in [0, 0.05) is 45.3 Å². The second-order valence-corrected chi connectivity index (χ2v) is 9.64. The number of aliphatic carboxylic acids is 1. The number of piperidine rings is 1. The molecule has 1 aromatic rings. The molecule has 202 valence electrons. The van der Waals surface area contributed by atoms with E-state index in [0.29, 0.717) is 12.6 Å². The molecule has 13 heteroatoms. The summed E-state index contributed by atoms with van der Waals surface area (Å²) in [6.07, 6.45) is 0.577. The summed E-state index contributed by atoms with van der Waals surface area (Å²) in [6, 6.07) is 4.63. The molecule has 0 aromatic carbocycles. The molecular formula is C23H35F3N6O4. The van der Waals surface area contributed by atoms with Crippen LogP contribution in [0.5, 0.6) is 0 Å². The number of esters is 1. The van der Waals surface area contributed by atoms with E-state index < -0.39 is 17.7 Å². The molecule has 3 rings (SSSR count). The molecule has 0 radical (unpaired) electrons. The lowest BCUT2D eigenvalue weighted by atomic mass is 10.0. The molecule has 3 heterocycles. The van der Waals surface area contributed by atoms with Gasteiger partial charge < -0.3 is 20.6 Å². The molecule has 2 saturated heterocycles. The quantitative estimate of drug-likeness (QED) is 0.261. The number of pyridine rings is 1. The lowest BCUT2D eigenvalue weighted by Crippen LogP contribution is -2.53. The third-order valence-corrected chi connectivity index (χ3v) is 5.75. The number of alkyl halides is 3. The van der Waals surface area contributed by atoms with Gasteiger partial charge in [0.25, 0.3) is 0 Å². The first-order valence-electron chi connectivity index (χ1n) is 11.7. The average Bonchev–Trinajstić information content (AvgIpc) is 2.79. The normalized spacial score (nSPS) is 18.6. The van der Waals surface area contributed by atoms with E-state index in [9.17, 15) is 18.0 Å². The van der Waals surface area contributed by atoms with Gasteiger partial charge in [0.2, 0.25) is 0 Å². The number of halogens is 3. The molecule has 1 aromatic heterocycles. The van der Waals surface area contributed by atoms with E-state index in [-0.39, 0.29) is 5.97 Å². The summed E-state index contributed by atoms with van der Waals surface area (Å²) in [4.78, 5) is 32.5. The second-order valence-electron chi connectivity index (χ2n) is 9.64. The molecule has 0 bridgehead atoms. The van der Waals surface area contributed by atoms with Crippen molar-refractivity contribution in [2.75, 3.05) is 50.7 Å². The minimum Gasteiger partial charge on any atom is -0.475 e. The fourth-order valence-electron chi connectivity index (χ4n) is 4.08. The monoisotopic (exact) mass is 516 g/mol. The molecule has 2 aliphatic rings. The Morgan fingerprint density at radius 1 is 1.14 bits per heavy atom. The second kappa shape index (κ2) is 12.9. The zero-order chi connectivity index (χ0) is 26.9. The van der Waals surface area contributed by atoms with Crippen molar-refractivity contribution in [3.63, 3.8) is 0 Å². The molecule has 2 fully saturated rings. The number of nitrogens with zero attached hydrogens (tertiary/aromatic N) is 5. The smallest absolute Gasteiger partial charge is 0.475 e. The van der Waals surface area contributed by atoms with Gasteiger partial charge in [-0.25, -0.2) is 4.79 Å². The molecule has 0 saturated carbocycles. The number of nitrogens with two attached hydrogens (primary N) is 1. The number of carboxylic acids is 1. The first-order valence-corrected chi connectivity index (χ1v) is 11.7. The Morgan fingerprint density at radius 3 is 2.17 bits per heavy atom. The number of carbonyl (C=O) groups is 2. The van der Waals surface area contributed by atoms with Gasteiger partial charge >= 0.3 is 18.1 Å². The number of hydrogen-bond donors (Lipinski definition) is 2. The molecule has 3 N–H and O–H groups in total. The largest absolute Gasteiger partial charge is 0.490 e. The zero-order valence-electron chi connectivity index (χ0n) is 20.9. The predicted octanol–water partition coefficient (Wildman–Crippen LogP) is 1.94. The predicted molar refractivity (Wildman–Crippen MR) is 129 cm³/mol. The molecule has 0 amide bonds. The minimum absolute atomic E-state index is 0.123. The van der Waals surface area contributed by atoms with E-state index in [1.807, 2.05) is 33.0 Å². The van der Waals surface area contributed by atoms with Gasteiger partial charge in [0.05, 0.1) is 30.3 Å². The fourth-order valence-corrected chi connectivity index (χ4v) is 4.08. The van der Waals surface area contributed by atoms with Gasteiger partial charge in [0.15, 0.2) is 0 Å². The van der Waals surface area contributed by atoms with Crippen molar-refractivity contribution in [3.8, 4) is 0 Å². The Morgan fingerprint density at radius 2 is 1.72 bits per heavy atom. The summed E-state index contributed by atoms with van der Waals surface area (Å²) >= 11 is 0. The number of anilines is 1. The van der Waals surface area contributed by atoms with Crippen LogP contribution in [-0.4, -0.2) is 102 Å². The SMILES string of the molecule is CC(C)(C)OC(=O)CN1CCC(N2CCN(c3ccc(C=NN)nc3)CC2)CC1.O=C(O)C(F)(F)F. The first kappa shape index (κ1) is 29.3. The van der Waals surface area contributed by atoms with Gasteiger partial charge in [-0.2, -0.15) is 18.3 Å². The first-order chi connectivity index (χ1) is 16.8. The Labute approximate surface area is 208 Å². The number of carboxylic acid groups (broad SMARTS) is 1. The van der Waals surface area contributed by atoms with Gasteiger partial charge in [-0.05, 0) is 45.7 Å². The maximum atomic E-state index is 12.0. The molecule has 2 aliphatic heterocycles. The van der Waals surface area contributed by atoms with Crippen LogP contribution in [0.2, 0.25) is 0 Å². The average molecular weight is 517 g/mol. The van der Waals surface area contributed by atoms with Crippen molar-refractivity contribution < 1.29 is 32.6 Å². The van der Waals surface area contributed by atoms with Crippen LogP contribution in [-0.2, 0) is 14.3 Å². The topological polar surface area (TPSA) is 125 Å². The third-order valence-electron chi connectivity index (χ3n) is 5.75. The van der Waals surface area contributed by atoms with Crippen LogP contribution in [0.1, 0.15) is 39.3 Å². The van der Waals surface area contributed by atoms with Crippen molar-refractivity contribution in [2.24, 2.45) is 10.9 Å². The molecule has 0 spiro atoms. The van der Waals surface area contributed by atoms with Crippen molar-refractivity contribution >= 4 is 23.8 Å². The van der Waals surface area contributed by atoms with Crippen LogP contribution in [0.25, 0.3) is 0 Å². The van der Waals surface area contributed by atoms with Crippen LogP contribution in [0.4, 0.5) is 18.9 Å². The molecule has 36 heavy (non-hydrogen) atoms. The summed E-state index contributed by atoms with van der Waals surface area (Å²) in [6.45, 7) is 12.2. The molecule has 0 unspecified atom stereocenters. The zero-order valence-corrected chi connectivity index (χ0v) is 20.9.